The molecule has 3 aliphatic carbocycles. The van der Waals surface area contributed by atoms with Crippen LogP contribution < -0.4 is 9.47 Å². The lowest BCUT2D eigenvalue weighted by atomic mass is 9.51. The first-order valence-corrected chi connectivity index (χ1v) is 16.2. The first kappa shape index (κ1) is 32.0. The SMILES string of the molecule is CC(C)=CCC[C@@]1(C)C=Cc2c(O)c3c(c(CC=C(C)C)c2O1)O[C@]12C(=CC4CC1C(C)(C)OC2(CC=C(C)C(=O)O)C4=O)C3=O. The minimum absolute atomic E-state index is 0.0544. The molecule has 8 nitrogen and oxygen atoms in total. The monoisotopic (exact) mass is 628 g/mol. The zero-order chi connectivity index (χ0) is 33.6. The summed E-state index contributed by atoms with van der Waals surface area (Å²) in [6.45, 7) is 15.4. The Hall–Kier alpha value is -3.91. The van der Waals surface area contributed by atoms with E-state index >= 15 is 0 Å². The average molecular weight is 629 g/mol. The van der Waals surface area contributed by atoms with Crippen molar-refractivity contribution in [2.24, 2.45) is 11.8 Å². The standard InChI is InChI=1S/C38H44O8/c1-20(2)10-9-15-36(8)16-14-24-29(39)28-30(40)26-18-23-19-27-35(6,7)46-37(33(23)41,17-13-22(5)34(42)43)38(26,27)45-32(28)25(31(24)44-36)12-11-21(3)4/h10-11,13-14,16,18,23,27,39H,9,12,15,17,19H2,1-8H3,(H,42,43)/t23?,27?,36-,37?,38+/m0/s1. The molecule has 1 aromatic rings. The van der Waals surface area contributed by atoms with Gasteiger partial charge >= 0.3 is 5.97 Å². The maximum absolute atomic E-state index is 14.7. The van der Waals surface area contributed by atoms with Crippen molar-refractivity contribution in [3.63, 3.8) is 0 Å². The Balaban J connectivity index is 1.59. The maximum atomic E-state index is 14.7. The average Bonchev–Trinajstić information content (AvgIpc) is 3.12. The molecule has 0 aromatic heterocycles. The first-order valence-electron chi connectivity index (χ1n) is 16.2. The number of carboxylic acid groups (broad SMARTS) is 1. The molecule has 0 radical (unpaired) electrons. The minimum atomic E-state index is -1.63. The van der Waals surface area contributed by atoms with Gasteiger partial charge in [-0.25, -0.2) is 4.79 Å². The number of ketones is 2. The molecular formula is C38H44O8. The summed E-state index contributed by atoms with van der Waals surface area (Å²) in [4.78, 5) is 40.8. The van der Waals surface area contributed by atoms with Gasteiger partial charge in [-0.3, -0.25) is 9.59 Å². The molecule has 3 unspecified atom stereocenters. The fourth-order valence-corrected chi connectivity index (χ4v) is 8.17. The van der Waals surface area contributed by atoms with E-state index in [1.165, 1.54) is 18.6 Å². The van der Waals surface area contributed by atoms with E-state index in [0.717, 1.165) is 12.0 Å². The van der Waals surface area contributed by atoms with Crippen LogP contribution in [0.25, 0.3) is 6.08 Å². The number of carbonyl (C=O) groups excluding carboxylic acids is 2. The van der Waals surface area contributed by atoms with Crippen LogP contribution in [0.4, 0.5) is 0 Å². The summed E-state index contributed by atoms with van der Waals surface area (Å²) in [5.74, 6) is -2.28. The van der Waals surface area contributed by atoms with Gasteiger partial charge in [0, 0.05) is 35.0 Å². The van der Waals surface area contributed by atoms with E-state index in [1.807, 2.05) is 52.8 Å². The Morgan fingerprint density at radius 1 is 1.00 bits per heavy atom. The maximum Gasteiger partial charge on any atom is 0.330 e. The Kier molecular flexibility index (Phi) is 7.36. The van der Waals surface area contributed by atoms with Crippen LogP contribution in [0.1, 0.15) is 103 Å². The molecule has 2 fully saturated rings. The Bertz CT molecular complexity index is 1730. The summed E-state index contributed by atoms with van der Waals surface area (Å²) in [5.41, 5.74) is -0.952. The molecule has 3 heterocycles. The van der Waals surface area contributed by atoms with Crippen LogP contribution in [0.2, 0.25) is 0 Å². The van der Waals surface area contributed by atoms with Gasteiger partial charge in [0.1, 0.15) is 28.4 Å². The first-order chi connectivity index (χ1) is 21.5. The molecule has 1 aromatic carbocycles. The number of benzene rings is 1. The molecule has 0 amide bonds. The summed E-state index contributed by atoms with van der Waals surface area (Å²) >= 11 is 0. The van der Waals surface area contributed by atoms with Gasteiger partial charge in [0.2, 0.25) is 0 Å². The van der Waals surface area contributed by atoms with Crippen molar-refractivity contribution in [3.8, 4) is 17.2 Å². The highest BCUT2D eigenvalue weighted by Crippen LogP contribution is 2.68. The molecule has 5 atom stereocenters. The molecule has 3 aliphatic heterocycles. The van der Waals surface area contributed by atoms with Crippen molar-refractivity contribution < 1.29 is 38.8 Å². The molecule has 1 saturated carbocycles. The number of fused-ring (bicyclic) bond motifs is 2. The van der Waals surface area contributed by atoms with Crippen LogP contribution in [0, 0.1) is 11.8 Å². The van der Waals surface area contributed by atoms with Crippen molar-refractivity contribution >= 4 is 23.6 Å². The number of phenolic OH excluding ortho intramolecular Hbond substituents is 1. The van der Waals surface area contributed by atoms with Gasteiger partial charge in [0.15, 0.2) is 22.8 Å². The van der Waals surface area contributed by atoms with Crippen LogP contribution in [0.3, 0.4) is 0 Å². The lowest BCUT2D eigenvalue weighted by molar-refractivity contribution is -0.171. The molecule has 2 N–H and O–H groups in total. The topological polar surface area (TPSA) is 119 Å². The van der Waals surface area contributed by atoms with Crippen molar-refractivity contribution in [3.05, 3.63) is 69.4 Å². The van der Waals surface area contributed by atoms with Crippen molar-refractivity contribution in [2.45, 2.75) is 110 Å². The molecule has 1 saturated heterocycles. The number of hydrogen-bond acceptors (Lipinski definition) is 7. The number of phenols is 1. The summed E-state index contributed by atoms with van der Waals surface area (Å²) in [7, 11) is 0. The van der Waals surface area contributed by atoms with Gasteiger partial charge in [-0.05, 0) is 93.2 Å². The second-order valence-corrected chi connectivity index (χ2v) is 14.8. The van der Waals surface area contributed by atoms with E-state index in [1.54, 1.807) is 6.08 Å². The van der Waals surface area contributed by atoms with Crippen LogP contribution in [0.5, 0.6) is 17.2 Å². The number of rotatable bonds is 8. The summed E-state index contributed by atoms with van der Waals surface area (Å²) in [5, 5.41) is 21.4. The predicted octanol–water partition coefficient (Wildman–Crippen LogP) is 7.24. The Morgan fingerprint density at radius 2 is 1.70 bits per heavy atom. The molecule has 1 spiro atoms. The van der Waals surface area contributed by atoms with Crippen LogP contribution in [-0.4, -0.2) is 50.2 Å². The molecule has 6 aliphatic rings. The van der Waals surface area contributed by atoms with Crippen LogP contribution in [-0.2, 0) is 20.7 Å². The highest BCUT2D eigenvalue weighted by Gasteiger charge is 2.81. The third kappa shape index (κ3) is 4.47. The van der Waals surface area contributed by atoms with Gasteiger partial charge in [-0.2, -0.15) is 0 Å². The molecule has 244 valence electrons. The minimum Gasteiger partial charge on any atom is -0.506 e. The normalized spacial score (nSPS) is 31.2. The molecule has 4 bridgehead atoms. The van der Waals surface area contributed by atoms with Crippen LogP contribution in [0.15, 0.2) is 52.7 Å². The highest BCUT2D eigenvalue weighted by molar-refractivity contribution is 6.19. The van der Waals surface area contributed by atoms with Gasteiger partial charge in [-0.1, -0.05) is 35.5 Å². The largest absolute Gasteiger partial charge is 0.506 e. The van der Waals surface area contributed by atoms with E-state index in [-0.39, 0.29) is 40.8 Å². The fraction of sp³-hybridized carbons (Fsp3) is 0.500. The van der Waals surface area contributed by atoms with E-state index in [0.29, 0.717) is 41.7 Å². The zero-order valence-corrected chi connectivity index (χ0v) is 28.0. The smallest absolute Gasteiger partial charge is 0.330 e. The quantitative estimate of drug-likeness (QED) is 0.228. The third-order valence-corrected chi connectivity index (χ3v) is 10.5. The fourth-order valence-electron chi connectivity index (χ4n) is 8.17. The van der Waals surface area contributed by atoms with Crippen LogP contribution >= 0.6 is 0 Å². The molecule has 46 heavy (non-hydrogen) atoms. The zero-order valence-electron chi connectivity index (χ0n) is 28.0. The molecule has 8 heteroatoms. The number of Topliss-reactive ketones (excluding diaryl/α,β-unsaturated/α-hetero) is 2. The number of aliphatic carboxylic acids is 1. The van der Waals surface area contributed by atoms with E-state index in [9.17, 15) is 24.6 Å². The lowest BCUT2D eigenvalue weighted by Crippen LogP contribution is -2.72. The van der Waals surface area contributed by atoms with Crippen molar-refractivity contribution in [1.82, 2.24) is 0 Å². The summed E-state index contributed by atoms with van der Waals surface area (Å²) < 4.78 is 20.6. The number of aromatic hydroxyl groups is 1. The number of allylic oxidation sites excluding steroid dienone is 5. The van der Waals surface area contributed by atoms with Gasteiger partial charge < -0.3 is 24.4 Å². The van der Waals surface area contributed by atoms with Crippen molar-refractivity contribution in [2.75, 3.05) is 0 Å². The number of ether oxygens (including phenoxy) is 3. The predicted molar refractivity (Wildman–Crippen MR) is 174 cm³/mol. The van der Waals surface area contributed by atoms with E-state index in [2.05, 4.69) is 19.9 Å². The molecular weight excluding hydrogens is 584 g/mol. The van der Waals surface area contributed by atoms with Gasteiger partial charge in [-0.15, -0.1) is 0 Å². The van der Waals surface area contributed by atoms with Gasteiger partial charge in [0.25, 0.3) is 0 Å². The second-order valence-electron chi connectivity index (χ2n) is 14.8. The molecule has 7 rings (SSSR count). The number of carbonyl (C=O) groups is 3. The number of carboxylic acids is 1. The highest BCUT2D eigenvalue weighted by atomic mass is 16.6. The van der Waals surface area contributed by atoms with E-state index < -0.39 is 40.1 Å². The summed E-state index contributed by atoms with van der Waals surface area (Å²) in [6, 6.07) is 0. The summed E-state index contributed by atoms with van der Waals surface area (Å²) in [6.07, 6.45) is 13.4. The Labute approximate surface area is 270 Å². The third-order valence-electron chi connectivity index (χ3n) is 10.5. The second kappa shape index (κ2) is 10.6. The lowest BCUT2D eigenvalue weighted by Gasteiger charge is -2.56. The van der Waals surface area contributed by atoms with E-state index in [4.69, 9.17) is 14.2 Å². The van der Waals surface area contributed by atoms with Crippen molar-refractivity contribution in [1.29, 1.82) is 0 Å². The van der Waals surface area contributed by atoms with Gasteiger partial charge in [0.05, 0.1) is 11.2 Å². The Morgan fingerprint density at radius 3 is 2.35 bits per heavy atom. The number of hydrogen-bond donors (Lipinski definition) is 2.